The molecule has 0 radical (unpaired) electrons. The quantitative estimate of drug-likeness (QED) is 0.849. The maximum Gasteiger partial charge on any atom is 0.162 e. The van der Waals surface area contributed by atoms with Gasteiger partial charge in [0.05, 0.1) is 17.3 Å². The Balaban J connectivity index is 1.96. The number of halogens is 2. The van der Waals surface area contributed by atoms with E-state index in [9.17, 15) is 4.39 Å². The van der Waals surface area contributed by atoms with E-state index in [1.165, 1.54) is 12.1 Å². The number of benzene rings is 1. The molecule has 1 N–H and O–H groups in total. The molecule has 0 fully saturated rings. The molecular formula is C14H13ClFNO2. The van der Waals surface area contributed by atoms with Gasteiger partial charge < -0.3 is 14.5 Å². The molecule has 1 aliphatic rings. The van der Waals surface area contributed by atoms with Crippen molar-refractivity contribution >= 4 is 17.3 Å². The molecule has 100 valence electrons. The highest BCUT2D eigenvalue weighted by molar-refractivity contribution is 6.32. The Morgan fingerprint density at radius 2 is 2.11 bits per heavy atom. The van der Waals surface area contributed by atoms with Crippen LogP contribution >= 0.6 is 11.6 Å². The van der Waals surface area contributed by atoms with Gasteiger partial charge in [-0.1, -0.05) is 11.6 Å². The number of anilines is 1. The lowest BCUT2D eigenvalue weighted by atomic mass is 10.1. The fourth-order valence-corrected chi connectivity index (χ4v) is 2.59. The van der Waals surface area contributed by atoms with Gasteiger partial charge in [-0.05, 0) is 26.0 Å². The first-order valence-electron chi connectivity index (χ1n) is 6.01. The molecule has 1 aromatic carbocycles. The molecule has 1 unspecified atom stereocenters. The van der Waals surface area contributed by atoms with Gasteiger partial charge in [0.25, 0.3) is 0 Å². The van der Waals surface area contributed by atoms with Crippen molar-refractivity contribution in [3.8, 4) is 5.75 Å². The summed E-state index contributed by atoms with van der Waals surface area (Å²) in [5.74, 6) is 1.77. The second-order valence-corrected chi connectivity index (χ2v) is 5.03. The summed E-state index contributed by atoms with van der Waals surface area (Å²) in [6, 6.07) is 4.58. The lowest BCUT2D eigenvalue weighted by Crippen LogP contribution is -2.24. The maximum atomic E-state index is 13.2. The van der Waals surface area contributed by atoms with Gasteiger partial charge in [-0.3, -0.25) is 0 Å². The third kappa shape index (κ3) is 2.16. The Labute approximate surface area is 115 Å². The number of hydrogen-bond acceptors (Lipinski definition) is 3. The normalized spacial score (nSPS) is 17.6. The van der Waals surface area contributed by atoms with Crippen LogP contribution < -0.4 is 10.1 Å². The van der Waals surface area contributed by atoms with Crippen LogP contribution in [0.3, 0.4) is 0 Å². The van der Waals surface area contributed by atoms with E-state index in [2.05, 4.69) is 5.32 Å². The minimum atomic E-state index is -0.381. The molecule has 0 aliphatic carbocycles. The Bertz CT molecular complexity index is 639. The Hall–Kier alpha value is -1.68. The number of furan rings is 1. The molecule has 5 heteroatoms. The fraction of sp³-hybridized carbons (Fsp3) is 0.286. The van der Waals surface area contributed by atoms with Crippen molar-refractivity contribution in [3.05, 3.63) is 46.1 Å². The zero-order valence-electron chi connectivity index (χ0n) is 10.6. The molecule has 2 heterocycles. The topological polar surface area (TPSA) is 34.4 Å². The molecule has 0 amide bonds. The number of fused-ring (bicyclic) bond motifs is 1. The maximum absolute atomic E-state index is 13.2. The summed E-state index contributed by atoms with van der Waals surface area (Å²) in [6.45, 7) is 4.34. The monoisotopic (exact) mass is 281 g/mol. The predicted octanol–water partition coefficient (Wildman–Crippen LogP) is 4.23. The van der Waals surface area contributed by atoms with Crippen LogP contribution in [0.1, 0.15) is 23.2 Å². The van der Waals surface area contributed by atoms with Crippen LogP contribution in [0.15, 0.2) is 22.6 Å². The van der Waals surface area contributed by atoms with Gasteiger partial charge in [0, 0.05) is 11.6 Å². The van der Waals surface area contributed by atoms with Gasteiger partial charge in [0.2, 0.25) is 0 Å². The molecule has 1 atom stereocenters. The summed E-state index contributed by atoms with van der Waals surface area (Å²) < 4.78 is 24.6. The van der Waals surface area contributed by atoms with Crippen LogP contribution in [0.5, 0.6) is 5.75 Å². The van der Waals surface area contributed by atoms with Gasteiger partial charge in [-0.15, -0.1) is 0 Å². The van der Waals surface area contributed by atoms with Crippen molar-refractivity contribution < 1.29 is 13.5 Å². The summed E-state index contributed by atoms with van der Waals surface area (Å²) >= 11 is 6.02. The van der Waals surface area contributed by atoms with Crippen LogP contribution in [-0.4, -0.2) is 6.54 Å². The first-order valence-corrected chi connectivity index (χ1v) is 6.39. The molecule has 0 spiro atoms. The Morgan fingerprint density at radius 1 is 1.32 bits per heavy atom. The summed E-state index contributed by atoms with van der Waals surface area (Å²) in [5.41, 5.74) is 1.56. The zero-order valence-corrected chi connectivity index (χ0v) is 11.3. The van der Waals surface area contributed by atoms with E-state index in [4.69, 9.17) is 20.8 Å². The average Bonchev–Trinajstić information content (AvgIpc) is 2.68. The first-order chi connectivity index (χ1) is 9.04. The van der Waals surface area contributed by atoms with Crippen LogP contribution in [0, 0.1) is 19.7 Å². The van der Waals surface area contributed by atoms with Crippen molar-refractivity contribution in [2.75, 3.05) is 11.9 Å². The average molecular weight is 282 g/mol. The van der Waals surface area contributed by atoms with Crippen molar-refractivity contribution in [2.45, 2.75) is 20.0 Å². The molecule has 0 saturated carbocycles. The van der Waals surface area contributed by atoms with Crippen molar-refractivity contribution in [1.29, 1.82) is 0 Å². The van der Waals surface area contributed by atoms with Gasteiger partial charge in [-0.25, -0.2) is 4.39 Å². The summed E-state index contributed by atoms with van der Waals surface area (Å²) in [7, 11) is 0. The first kappa shape index (κ1) is 12.4. The Kier molecular flexibility index (Phi) is 2.90. The van der Waals surface area contributed by atoms with Crippen LogP contribution in [-0.2, 0) is 0 Å². The third-order valence-corrected chi connectivity index (χ3v) is 3.45. The second kappa shape index (κ2) is 4.46. The summed E-state index contributed by atoms with van der Waals surface area (Å²) in [5, 5.41) is 3.41. The highest BCUT2D eigenvalue weighted by Gasteiger charge is 2.26. The molecule has 0 bridgehead atoms. The standard InChI is InChI=1S/C14H13ClFNO2/c1-7-3-10(8(2)18-7)13-6-17-12-5-9(16)4-11(15)14(12)19-13/h3-5,13,17H,6H2,1-2H3. The van der Waals surface area contributed by atoms with E-state index in [1.54, 1.807) is 0 Å². The van der Waals surface area contributed by atoms with Gasteiger partial charge in [0.1, 0.15) is 23.4 Å². The highest BCUT2D eigenvalue weighted by Crippen LogP contribution is 2.41. The van der Waals surface area contributed by atoms with E-state index in [0.717, 1.165) is 17.1 Å². The Morgan fingerprint density at radius 3 is 2.79 bits per heavy atom. The largest absolute Gasteiger partial charge is 0.480 e. The fourth-order valence-electron chi connectivity index (χ4n) is 2.34. The van der Waals surface area contributed by atoms with E-state index in [0.29, 0.717) is 18.0 Å². The molecule has 1 aliphatic heterocycles. The number of aryl methyl sites for hydroxylation is 2. The van der Waals surface area contributed by atoms with E-state index in [-0.39, 0.29) is 16.9 Å². The molecule has 1 aromatic heterocycles. The number of ether oxygens (including phenoxy) is 1. The van der Waals surface area contributed by atoms with Crippen LogP contribution in [0.2, 0.25) is 5.02 Å². The number of rotatable bonds is 1. The predicted molar refractivity (Wildman–Crippen MR) is 71.5 cm³/mol. The lowest BCUT2D eigenvalue weighted by Gasteiger charge is -2.27. The van der Waals surface area contributed by atoms with Crippen molar-refractivity contribution in [3.63, 3.8) is 0 Å². The smallest absolute Gasteiger partial charge is 0.162 e. The van der Waals surface area contributed by atoms with E-state index in [1.807, 2.05) is 19.9 Å². The van der Waals surface area contributed by atoms with Gasteiger partial charge >= 0.3 is 0 Å². The second-order valence-electron chi connectivity index (χ2n) is 4.62. The van der Waals surface area contributed by atoms with Crippen LogP contribution in [0.25, 0.3) is 0 Å². The lowest BCUT2D eigenvalue weighted by molar-refractivity contribution is 0.208. The van der Waals surface area contributed by atoms with E-state index >= 15 is 0 Å². The number of hydrogen-bond donors (Lipinski definition) is 1. The SMILES string of the molecule is Cc1cc(C2CNc3cc(F)cc(Cl)c3O2)c(C)o1. The van der Waals surface area contributed by atoms with E-state index < -0.39 is 0 Å². The highest BCUT2D eigenvalue weighted by atomic mass is 35.5. The molecule has 0 saturated heterocycles. The third-order valence-electron chi connectivity index (χ3n) is 3.17. The van der Waals surface area contributed by atoms with Crippen LogP contribution in [0.4, 0.5) is 10.1 Å². The van der Waals surface area contributed by atoms with Crippen molar-refractivity contribution in [1.82, 2.24) is 0 Å². The zero-order chi connectivity index (χ0) is 13.6. The van der Waals surface area contributed by atoms with Gasteiger partial charge in [0.15, 0.2) is 5.75 Å². The molecule has 3 rings (SSSR count). The summed E-state index contributed by atoms with van der Waals surface area (Å²) in [6.07, 6.45) is -0.187. The minimum Gasteiger partial charge on any atom is -0.480 e. The molecule has 19 heavy (non-hydrogen) atoms. The number of nitrogens with one attached hydrogen (secondary N) is 1. The molecular weight excluding hydrogens is 269 g/mol. The minimum absolute atomic E-state index is 0.187. The van der Waals surface area contributed by atoms with Crippen molar-refractivity contribution in [2.24, 2.45) is 0 Å². The molecule has 2 aromatic rings. The van der Waals surface area contributed by atoms with Gasteiger partial charge in [-0.2, -0.15) is 0 Å². The summed E-state index contributed by atoms with van der Waals surface area (Å²) in [4.78, 5) is 0. The molecule has 3 nitrogen and oxygen atoms in total.